The summed E-state index contributed by atoms with van der Waals surface area (Å²) in [6.07, 6.45) is 3.05. The summed E-state index contributed by atoms with van der Waals surface area (Å²) in [5.74, 6) is -1.08. The number of amides is 1. The van der Waals surface area contributed by atoms with Crippen LogP contribution in [0, 0.1) is 12.7 Å². The quantitative estimate of drug-likeness (QED) is 0.764. The Morgan fingerprint density at radius 1 is 1.28 bits per heavy atom. The fraction of sp³-hybridized carbons (Fsp3) is 0.474. The summed E-state index contributed by atoms with van der Waals surface area (Å²) in [6.45, 7) is 5.47. The van der Waals surface area contributed by atoms with Crippen LogP contribution in [-0.2, 0) is 9.53 Å². The summed E-state index contributed by atoms with van der Waals surface area (Å²) < 4.78 is 19.9. The number of piperidine rings is 1. The van der Waals surface area contributed by atoms with Crippen LogP contribution in [0.25, 0.3) is 10.1 Å². The summed E-state index contributed by atoms with van der Waals surface area (Å²) in [5, 5.41) is 0.448. The lowest BCUT2D eigenvalue weighted by Crippen LogP contribution is -2.49. The lowest BCUT2D eigenvalue weighted by molar-refractivity contribution is -0.140. The maximum atomic E-state index is 14.0. The summed E-state index contributed by atoms with van der Waals surface area (Å²) in [4.78, 5) is 27.0. The highest BCUT2D eigenvalue weighted by molar-refractivity contribution is 7.21. The number of aryl methyl sites for hydroxylation is 1. The van der Waals surface area contributed by atoms with E-state index in [0.717, 1.165) is 19.3 Å². The van der Waals surface area contributed by atoms with E-state index in [9.17, 15) is 14.0 Å². The molecule has 0 saturated carbocycles. The molecule has 1 fully saturated rings. The molecular formula is C19H22FNO3S. The van der Waals surface area contributed by atoms with Crippen molar-refractivity contribution >= 4 is 33.3 Å². The normalized spacial score (nSPS) is 20.7. The van der Waals surface area contributed by atoms with E-state index < -0.39 is 5.97 Å². The lowest BCUT2D eigenvalue weighted by Gasteiger charge is -2.38. The van der Waals surface area contributed by atoms with Gasteiger partial charge in [0.2, 0.25) is 0 Å². The van der Waals surface area contributed by atoms with Crippen molar-refractivity contribution < 1.29 is 18.7 Å². The van der Waals surface area contributed by atoms with Crippen LogP contribution in [0.1, 0.15) is 48.3 Å². The molecular weight excluding hydrogens is 341 g/mol. The Morgan fingerprint density at radius 3 is 2.60 bits per heavy atom. The molecule has 1 aliphatic rings. The molecule has 134 valence electrons. The molecule has 1 aromatic heterocycles. The number of nitrogens with zero attached hydrogens (tertiary/aromatic N) is 1. The van der Waals surface area contributed by atoms with Crippen LogP contribution in [0.4, 0.5) is 4.39 Å². The number of thiophene rings is 1. The summed E-state index contributed by atoms with van der Waals surface area (Å²) in [5.41, 5.74) is 0.565. The average molecular weight is 363 g/mol. The molecule has 1 saturated heterocycles. The van der Waals surface area contributed by atoms with Crippen molar-refractivity contribution in [2.75, 3.05) is 6.61 Å². The van der Waals surface area contributed by atoms with Crippen LogP contribution >= 0.6 is 11.3 Å². The molecule has 1 aromatic carbocycles. The van der Waals surface area contributed by atoms with Crippen LogP contribution in [0.5, 0.6) is 0 Å². The Labute approximate surface area is 150 Å². The number of halogens is 1. The molecule has 0 bridgehead atoms. The maximum absolute atomic E-state index is 14.0. The lowest BCUT2D eigenvalue weighted by atomic mass is 9.97. The van der Waals surface area contributed by atoms with Crippen molar-refractivity contribution in [1.29, 1.82) is 0 Å². The fourth-order valence-corrected chi connectivity index (χ4v) is 4.74. The van der Waals surface area contributed by atoms with Crippen molar-refractivity contribution in [2.45, 2.75) is 52.1 Å². The second-order valence-electron chi connectivity index (χ2n) is 6.68. The maximum Gasteiger partial charge on any atom is 0.349 e. The second-order valence-corrected chi connectivity index (χ2v) is 7.73. The topological polar surface area (TPSA) is 46.6 Å². The number of rotatable bonds is 3. The van der Waals surface area contributed by atoms with Gasteiger partial charge in [0.05, 0.1) is 0 Å². The largest absolute Gasteiger partial charge is 0.451 e. The van der Waals surface area contributed by atoms with Crippen LogP contribution < -0.4 is 0 Å². The molecule has 2 aromatic rings. The van der Waals surface area contributed by atoms with Gasteiger partial charge in [-0.25, -0.2) is 9.18 Å². The predicted octanol–water partition coefficient (Wildman–Crippen LogP) is 4.30. The molecule has 0 spiro atoms. The van der Waals surface area contributed by atoms with Gasteiger partial charge in [0, 0.05) is 22.2 Å². The Morgan fingerprint density at radius 2 is 1.96 bits per heavy atom. The van der Waals surface area contributed by atoms with Gasteiger partial charge in [-0.1, -0.05) is 6.07 Å². The molecule has 2 heterocycles. The van der Waals surface area contributed by atoms with Gasteiger partial charge in [-0.05, 0) is 57.7 Å². The smallest absolute Gasteiger partial charge is 0.349 e. The standard InChI is InChI=1S/C19H22FNO3S/c1-11-6-4-7-12(2)21(11)16(22)10-24-19(23)18-13(3)17-14(20)8-5-9-15(17)25-18/h5,8-9,11-12H,4,6-7,10H2,1-3H3/t11-,12-/m1/s1. The van der Waals surface area contributed by atoms with E-state index in [1.165, 1.54) is 17.4 Å². The molecule has 2 atom stereocenters. The fourth-order valence-electron chi connectivity index (χ4n) is 3.63. The highest BCUT2D eigenvalue weighted by Gasteiger charge is 2.30. The Bertz CT molecular complexity index is 806. The summed E-state index contributed by atoms with van der Waals surface area (Å²) in [7, 11) is 0. The Balaban J connectivity index is 1.72. The first-order valence-corrected chi connectivity index (χ1v) is 9.37. The molecule has 1 amide bonds. The minimum absolute atomic E-state index is 0.162. The first-order valence-electron chi connectivity index (χ1n) is 8.56. The number of fused-ring (bicyclic) bond motifs is 1. The number of benzene rings is 1. The van der Waals surface area contributed by atoms with Gasteiger partial charge in [0.15, 0.2) is 6.61 Å². The van der Waals surface area contributed by atoms with Gasteiger partial charge in [-0.2, -0.15) is 0 Å². The first kappa shape index (κ1) is 17.9. The number of carbonyl (C=O) groups is 2. The SMILES string of the molecule is Cc1c(C(=O)OCC(=O)N2[C@H](C)CCC[C@H]2C)sc2cccc(F)c12. The minimum Gasteiger partial charge on any atom is -0.451 e. The molecule has 6 heteroatoms. The van der Waals surface area contributed by atoms with E-state index in [1.807, 2.05) is 18.7 Å². The van der Waals surface area contributed by atoms with Crippen LogP contribution in [0.3, 0.4) is 0 Å². The highest BCUT2D eigenvalue weighted by atomic mass is 32.1. The summed E-state index contributed by atoms with van der Waals surface area (Å²) >= 11 is 1.20. The molecule has 4 nitrogen and oxygen atoms in total. The Hall–Kier alpha value is -1.95. The average Bonchev–Trinajstić information content (AvgIpc) is 2.91. The van der Waals surface area contributed by atoms with Gasteiger partial charge in [0.25, 0.3) is 5.91 Å². The minimum atomic E-state index is -0.566. The summed E-state index contributed by atoms with van der Waals surface area (Å²) in [6, 6.07) is 5.09. The number of hydrogen-bond donors (Lipinski definition) is 0. The third-order valence-corrected chi connectivity index (χ3v) is 6.13. The monoisotopic (exact) mass is 363 g/mol. The Kier molecular flexibility index (Phi) is 5.08. The van der Waals surface area contributed by atoms with E-state index in [0.29, 0.717) is 20.5 Å². The van der Waals surface area contributed by atoms with Crippen molar-refractivity contribution in [3.05, 3.63) is 34.5 Å². The zero-order valence-corrected chi connectivity index (χ0v) is 15.5. The third kappa shape index (κ3) is 3.40. The van der Waals surface area contributed by atoms with Gasteiger partial charge < -0.3 is 9.64 Å². The molecule has 0 unspecified atom stereocenters. The molecule has 1 aliphatic heterocycles. The van der Waals surface area contributed by atoms with Crippen molar-refractivity contribution in [1.82, 2.24) is 4.90 Å². The van der Waals surface area contributed by atoms with Crippen LogP contribution in [-0.4, -0.2) is 35.5 Å². The predicted molar refractivity (Wildman–Crippen MR) is 96.4 cm³/mol. The van der Waals surface area contributed by atoms with Gasteiger partial charge in [-0.3, -0.25) is 4.79 Å². The second kappa shape index (κ2) is 7.12. The van der Waals surface area contributed by atoms with Crippen molar-refractivity contribution in [2.24, 2.45) is 0 Å². The molecule has 25 heavy (non-hydrogen) atoms. The van der Waals surface area contributed by atoms with Gasteiger partial charge in [-0.15, -0.1) is 11.3 Å². The zero-order valence-electron chi connectivity index (χ0n) is 14.7. The number of likely N-dealkylation sites (tertiary alicyclic amines) is 1. The van der Waals surface area contributed by atoms with Gasteiger partial charge in [0.1, 0.15) is 10.7 Å². The zero-order chi connectivity index (χ0) is 18.1. The molecule has 3 rings (SSSR count). The molecule has 0 radical (unpaired) electrons. The van der Waals surface area contributed by atoms with E-state index in [4.69, 9.17) is 4.74 Å². The first-order chi connectivity index (χ1) is 11.9. The number of ether oxygens (including phenoxy) is 1. The molecule has 0 N–H and O–H groups in total. The number of hydrogen-bond acceptors (Lipinski definition) is 4. The van der Waals surface area contributed by atoms with Crippen LogP contribution in [0.15, 0.2) is 18.2 Å². The van der Waals surface area contributed by atoms with E-state index in [-0.39, 0.29) is 30.4 Å². The van der Waals surface area contributed by atoms with Crippen molar-refractivity contribution in [3.8, 4) is 0 Å². The van der Waals surface area contributed by atoms with E-state index in [1.54, 1.807) is 19.1 Å². The highest BCUT2D eigenvalue weighted by Crippen LogP contribution is 2.33. The number of esters is 1. The van der Waals surface area contributed by atoms with E-state index >= 15 is 0 Å². The van der Waals surface area contributed by atoms with E-state index in [2.05, 4.69) is 0 Å². The third-order valence-electron chi connectivity index (χ3n) is 4.90. The number of carbonyl (C=O) groups excluding carboxylic acids is 2. The van der Waals surface area contributed by atoms with Gasteiger partial charge >= 0.3 is 5.97 Å². The van der Waals surface area contributed by atoms with Crippen LogP contribution in [0.2, 0.25) is 0 Å². The van der Waals surface area contributed by atoms with Crippen molar-refractivity contribution in [3.63, 3.8) is 0 Å². The molecule has 0 aliphatic carbocycles.